The van der Waals surface area contributed by atoms with Crippen molar-refractivity contribution in [3.63, 3.8) is 0 Å². The van der Waals surface area contributed by atoms with Crippen molar-refractivity contribution in [2.24, 2.45) is 0 Å². The molecule has 0 unspecified atom stereocenters. The number of sulfone groups is 1. The van der Waals surface area contributed by atoms with E-state index in [0.717, 1.165) is 11.3 Å². The Labute approximate surface area is 142 Å². The molecule has 1 aromatic heterocycles. The van der Waals surface area contributed by atoms with Gasteiger partial charge in [0.1, 0.15) is 0 Å². The van der Waals surface area contributed by atoms with Gasteiger partial charge in [-0.15, -0.1) is 0 Å². The number of carbonyl (C=O) groups is 1. The van der Waals surface area contributed by atoms with Gasteiger partial charge in [-0.2, -0.15) is 0 Å². The van der Waals surface area contributed by atoms with Crippen molar-refractivity contribution in [2.45, 2.75) is 19.4 Å². The first-order valence-electron chi connectivity index (χ1n) is 7.88. The van der Waals surface area contributed by atoms with Crippen molar-refractivity contribution in [3.8, 4) is 11.3 Å². The summed E-state index contributed by atoms with van der Waals surface area (Å²) in [5, 5.41) is 0. The van der Waals surface area contributed by atoms with Gasteiger partial charge in [-0.1, -0.05) is 30.3 Å². The van der Waals surface area contributed by atoms with Gasteiger partial charge in [0.15, 0.2) is 9.84 Å². The molecule has 2 aromatic rings. The van der Waals surface area contributed by atoms with E-state index in [1.165, 1.54) is 4.90 Å². The molecule has 1 aliphatic heterocycles. The number of nitrogens with zero attached hydrogens (tertiary/aromatic N) is 2. The molecule has 1 saturated heterocycles. The zero-order valence-electron chi connectivity index (χ0n) is 13.8. The second-order valence-corrected chi connectivity index (χ2v) is 8.40. The third-order valence-corrected chi connectivity index (χ3v) is 6.21. The van der Waals surface area contributed by atoms with Gasteiger partial charge in [0.25, 0.3) is 5.91 Å². The number of aryl methyl sites for hydroxylation is 1. The van der Waals surface area contributed by atoms with Gasteiger partial charge in [-0.3, -0.25) is 9.78 Å². The van der Waals surface area contributed by atoms with Crippen LogP contribution in [0.5, 0.6) is 0 Å². The molecular formula is C18H20N2O3S. The van der Waals surface area contributed by atoms with Crippen LogP contribution in [0, 0.1) is 6.92 Å². The predicted octanol–water partition coefficient (Wildman–Crippen LogP) is 2.32. The molecule has 1 aromatic carbocycles. The zero-order valence-corrected chi connectivity index (χ0v) is 14.6. The molecule has 0 spiro atoms. The number of benzene rings is 1. The molecule has 0 radical (unpaired) electrons. The molecule has 1 aliphatic rings. The van der Waals surface area contributed by atoms with E-state index in [1.54, 1.807) is 20.0 Å². The smallest absolute Gasteiger partial charge is 0.255 e. The van der Waals surface area contributed by atoms with Crippen LogP contribution >= 0.6 is 0 Å². The lowest BCUT2D eigenvalue weighted by Crippen LogP contribution is -2.38. The largest absolute Gasteiger partial charge is 0.338 e. The fourth-order valence-corrected chi connectivity index (χ4v) is 4.77. The monoisotopic (exact) mass is 344 g/mol. The van der Waals surface area contributed by atoms with Gasteiger partial charge in [-0.05, 0) is 25.5 Å². The Hall–Kier alpha value is -2.21. The Morgan fingerprint density at radius 2 is 1.88 bits per heavy atom. The highest BCUT2D eigenvalue weighted by atomic mass is 32.2. The number of hydrogen-bond donors (Lipinski definition) is 0. The molecule has 6 heteroatoms. The minimum Gasteiger partial charge on any atom is -0.338 e. The SMILES string of the molecule is Cc1nc(-c2ccccc2)ccc1C(=O)N(C)[C@@H]1CCS(=O)(=O)C1. The van der Waals surface area contributed by atoms with E-state index in [-0.39, 0.29) is 23.5 Å². The quantitative estimate of drug-likeness (QED) is 0.857. The molecule has 126 valence electrons. The molecule has 2 heterocycles. The van der Waals surface area contributed by atoms with Crippen molar-refractivity contribution in [2.75, 3.05) is 18.6 Å². The van der Waals surface area contributed by atoms with E-state index in [0.29, 0.717) is 17.7 Å². The van der Waals surface area contributed by atoms with Crippen LogP contribution in [-0.4, -0.2) is 48.8 Å². The molecule has 24 heavy (non-hydrogen) atoms. The summed E-state index contributed by atoms with van der Waals surface area (Å²) in [5.41, 5.74) is 2.97. The third kappa shape index (κ3) is 3.33. The number of carbonyl (C=O) groups excluding carboxylic acids is 1. The molecule has 1 atom stereocenters. The highest BCUT2D eigenvalue weighted by Gasteiger charge is 2.33. The van der Waals surface area contributed by atoms with E-state index < -0.39 is 9.84 Å². The molecule has 5 nitrogen and oxygen atoms in total. The predicted molar refractivity (Wildman–Crippen MR) is 93.6 cm³/mol. The second kappa shape index (κ2) is 6.36. The summed E-state index contributed by atoms with van der Waals surface area (Å²) in [4.78, 5) is 18.8. The van der Waals surface area contributed by atoms with E-state index in [4.69, 9.17) is 0 Å². The van der Waals surface area contributed by atoms with Gasteiger partial charge in [-0.25, -0.2) is 8.42 Å². The normalized spacial score (nSPS) is 19.2. The summed E-state index contributed by atoms with van der Waals surface area (Å²) >= 11 is 0. The number of rotatable bonds is 3. The molecular weight excluding hydrogens is 324 g/mol. The van der Waals surface area contributed by atoms with Crippen molar-refractivity contribution in [1.82, 2.24) is 9.88 Å². The van der Waals surface area contributed by atoms with E-state index in [1.807, 2.05) is 36.4 Å². The Morgan fingerprint density at radius 1 is 1.17 bits per heavy atom. The minimum absolute atomic E-state index is 0.0455. The Balaban J connectivity index is 1.83. The second-order valence-electron chi connectivity index (χ2n) is 6.17. The topological polar surface area (TPSA) is 67.3 Å². The molecule has 0 saturated carbocycles. The Morgan fingerprint density at radius 3 is 2.46 bits per heavy atom. The number of pyridine rings is 1. The standard InChI is InChI=1S/C18H20N2O3S/c1-13-16(8-9-17(19-13)14-6-4-3-5-7-14)18(21)20(2)15-10-11-24(22,23)12-15/h3-9,15H,10-12H2,1-2H3/t15-/m1/s1. The lowest BCUT2D eigenvalue weighted by molar-refractivity contribution is 0.0746. The first-order chi connectivity index (χ1) is 11.4. The van der Waals surface area contributed by atoms with E-state index in [2.05, 4.69) is 4.98 Å². The fraction of sp³-hybridized carbons (Fsp3) is 0.333. The molecule has 0 bridgehead atoms. The maximum Gasteiger partial charge on any atom is 0.255 e. The van der Waals surface area contributed by atoms with Gasteiger partial charge in [0, 0.05) is 18.7 Å². The highest BCUT2D eigenvalue weighted by Crippen LogP contribution is 2.22. The maximum absolute atomic E-state index is 12.7. The van der Waals surface area contributed by atoms with E-state index in [9.17, 15) is 13.2 Å². The van der Waals surface area contributed by atoms with Crippen molar-refractivity contribution in [3.05, 3.63) is 53.7 Å². The summed E-state index contributed by atoms with van der Waals surface area (Å²) in [6.07, 6.45) is 0.499. The van der Waals surface area contributed by atoms with Crippen molar-refractivity contribution in [1.29, 1.82) is 0 Å². The van der Waals surface area contributed by atoms with Crippen molar-refractivity contribution < 1.29 is 13.2 Å². The van der Waals surface area contributed by atoms with Crippen LogP contribution in [0.3, 0.4) is 0 Å². The lowest BCUT2D eigenvalue weighted by atomic mass is 10.1. The lowest BCUT2D eigenvalue weighted by Gasteiger charge is -2.24. The summed E-state index contributed by atoms with van der Waals surface area (Å²) in [6, 6.07) is 13.1. The minimum atomic E-state index is -3.02. The average Bonchev–Trinajstić information content (AvgIpc) is 2.94. The Bertz CT molecular complexity index is 863. The van der Waals surface area contributed by atoms with Gasteiger partial charge in [0.2, 0.25) is 0 Å². The Kier molecular flexibility index (Phi) is 4.41. The van der Waals surface area contributed by atoms with Crippen LogP contribution in [0.25, 0.3) is 11.3 Å². The fourth-order valence-electron chi connectivity index (χ4n) is 2.99. The van der Waals surface area contributed by atoms with Crippen LogP contribution in [0.1, 0.15) is 22.5 Å². The number of hydrogen-bond acceptors (Lipinski definition) is 4. The average molecular weight is 344 g/mol. The molecule has 3 rings (SSSR count). The van der Waals surface area contributed by atoms with Crippen molar-refractivity contribution >= 4 is 15.7 Å². The van der Waals surface area contributed by atoms with Crippen LogP contribution in [0.15, 0.2) is 42.5 Å². The van der Waals surface area contributed by atoms with Gasteiger partial charge >= 0.3 is 0 Å². The molecule has 1 amide bonds. The highest BCUT2D eigenvalue weighted by molar-refractivity contribution is 7.91. The zero-order chi connectivity index (χ0) is 17.3. The first kappa shape index (κ1) is 16.6. The third-order valence-electron chi connectivity index (χ3n) is 4.46. The molecule has 0 aliphatic carbocycles. The summed E-state index contributed by atoms with van der Waals surface area (Å²) in [7, 11) is -1.35. The summed E-state index contributed by atoms with van der Waals surface area (Å²) in [5.74, 6) is 0.0187. The van der Waals surface area contributed by atoms with Gasteiger partial charge in [0.05, 0.1) is 28.5 Å². The van der Waals surface area contributed by atoms with Crippen LogP contribution in [0.4, 0.5) is 0 Å². The maximum atomic E-state index is 12.7. The number of amides is 1. The van der Waals surface area contributed by atoms with Crippen LogP contribution in [0.2, 0.25) is 0 Å². The summed E-state index contributed by atoms with van der Waals surface area (Å²) < 4.78 is 23.2. The van der Waals surface area contributed by atoms with E-state index >= 15 is 0 Å². The number of aromatic nitrogens is 1. The summed E-state index contributed by atoms with van der Waals surface area (Å²) in [6.45, 7) is 1.80. The molecule has 1 fully saturated rings. The van der Waals surface area contributed by atoms with Crippen LogP contribution in [-0.2, 0) is 9.84 Å². The van der Waals surface area contributed by atoms with Crippen LogP contribution < -0.4 is 0 Å². The first-order valence-corrected chi connectivity index (χ1v) is 9.70. The van der Waals surface area contributed by atoms with Gasteiger partial charge < -0.3 is 4.90 Å². The molecule has 0 N–H and O–H groups in total.